The first kappa shape index (κ1) is 12.5. The lowest BCUT2D eigenvalue weighted by molar-refractivity contribution is 0.424. The summed E-state index contributed by atoms with van der Waals surface area (Å²) >= 11 is 1.51. The highest BCUT2D eigenvalue weighted by molar-refractivity contribution is 8.14. The molecule has 1 aromatic carbocycles. The molecule has 0 amide bonds. The third-order valence-corrected chi connectivity index (χ3v) is 4.62. The van der Waals surface area contributed by atoms with Gasteiger partial charge in [0.25, 0.3) is 0 Å². The molecule has 100 valence electrons. The molecule has 0 fully saturated rings. The summed E-state index contributed by atoms with van der Waals surface area (Å²) in [5.41, 5.74) is 13.3. The number of benzene rings is 1. The zero-order valence-electron chi connectivity index (χ0n) is 10.5. The predicted molar refractivity (Wildman–Crippen MR) is 78.5 cm³/mol. The molecule has 1 atom stereocenters. The molecule has 1 heterocycles. The number of allylic oxidation sites excluding steroid dienone is 1. The lowest BCUT2D eigenvalue weighted by Gasteiger charge is -2.39. The highest BCUT2D eigenvalue weighted by atomic mass is 32.2. The Morgan fingerprint density at radius 3 is 3.00 bits per heavy atom. The maximum Gasteiger partial charge on any atom is 0.155 e. The van der Waals surface area contributed by atoms with E-state index in [-0.39, 0.29) is 5.82 Å². The number of nitrogens with zero attached hydrogens (tertiary/aromatic N) is 1. The minimum absolute atomic E-state index is 0.259. The van der Waals surface area contributed by atoms with Crippen molar-refractivity contribution >= 4 is 22.6 Å². The van der Waals surface area contributed by atoms with Crippen molar-refractivity contribution < 1.29 is 4.39 Å². The van der Waals surface area contributed by atoms with E-state index in [1.165, 1.54) is 17.8 Å². The van der Waals surface area contributed by atoms with E-state index in [0.717, 1.165) is 30.6 Å². The van der Waals surface area contributed by atoms with Gasteiger partial charge in [0, 0.05) is 17.0 Å². The van der Waals surface area contributed by atoms with Gasteiger partial charge in [-0.3, -0.25) is 0 Å². The zero-order valence-corrected chi connectivity index (χ0v) is 11.3. The Kier molecular flexibility index (Phi) is 3.01. The van der Waals surface area contributed by atoms with Crippen LogP contribution in [-0.2, 0) is 5.54 Å². The molecule has 0 unspecified atom stereocenters. The van der Waals surface area contributed by atoms with Crippen molar-refractivity contribution in [3.63, 3.8) is 0 Å². The van der Waals surface area contributed by atoms with Crippen LogP contribution in [0, 0.1) is 5.82 Å². The Balaban J connectivity index is 2.23. The molecule has 4 N–H and O–H groups in total. The standard InChI is InChI=1S/C14H16FN3S/c15-12-5-4-10(16)7-11(12)14-6-2-1-3-9(14)8-19-13(17)18-14/h3-5,7H,1-2,6,8,16H2,(H2,17,18)/t14-/m0/s1. The molecule has 19 heavy (non-hydrogen) atoms. The quantitative estimate of drug-likeness (QED) is 0.613. The first-order chi connectivity index (χ1) is 9.12. The molecule has 0 saturated carbocycles. The molecule has 3 nitrogen and oxygen atoms in total. The number of halogens is 1. The van der Waals surface area contributed by atoms with Gasteiger partial charge in [-0.05, 0) is 43.0 Å². The molecule has 0 spiro atoms. The monoisotopic (exact) mass is 277 g/mol. The minimum atomic E-state index is -0.632. The van der Waals surface area contributed by atoms with Gasteiger partial charge >= 0.3 is 0 Å². The van der Waals surface area contributed by atoms with E-state index < -0.39 is 5.54 Å². The van der Waals surface area contributed by atoms with Crippen LogP contribution in [0.3, 0.4) is 0 Å². The van der Waals surface area contributed by atoms with Gasteiger partial charge in [0.1, 0.15) is 11.4 Å². The molecule has 3 rings (SSSR count). The number of hydrogen-bond acceptors (Lipinski definition) is 4. The summed E-state index contributed by atoms with van der Waals surface area (Å²) in [7, 11) is 0. The summed E-state index contributed by atoms with van der Waals surface area (Å²) < 4.78 is 14.2. The first-order valence-electron chi connectivity index (χ1n) is 6.35. The van der Waals surface area contributed by atoms with Crippen LogP contribution >= 0.6 is 11.8 Å². The van der Waals surface area contributed by atoms with Gasteiger partial charge in [0.05, 0.1) is 0 Å². The number of aliphatic imine (C=N–C) groups is 1. The van der Waals surface area contributed by atoms with E-state index in [1.807, 2.05) is 0 Å². The van der Waals surface area contributed by atoms with Crippen LogP contribution in [0.4, 0.5) is 10.1 Å². The van der Waals surface area contributed by atoms with Crippen molar-refractivity contribution in [2.75, 3.05) is 11.5 Å². The van der Waals surface area contributed by atoms with Crippen LogP contribution in [0.2, 0.25) is 0 Å². The van der Waals surface area contributed by atoms with Crippen LogP contribution in [0.15, 0.2) is 34.8 Å². The van der Waals surface area contributed by atoms with Gasteiger partial charge in [-0.25, -0.2) is 9.38 Å². The van der Waals surface area contributed by atoms with Crippen molar-refractivity contribution in [2.45, 2.75) is 24.8 Å². The van der Waals surface area contributed by atoms with E-state index in [9.17, 15) is 4.39 Å². The molecule has 0 radical (unpaired) electrons. The second-order valence-corrected chi connectivity index (χ2v) is 5.96. The molecule has 0 aromatic heterocycles. The summed E-state index contributed by atoms with van der Waals surface area (Å²) in [5, 5.41) is 0.529. The number of hydrogen-bond donors (Lipinski definition) is 2. The van der Waals surface area contributed by atoms with Crippen LogP contribution in [-0.4, -0.2) is 10.9 Å². The Hall–Kier alpha value is -1.49. The van der Waals surface area contributed by atoms with Gasteiger partial charge in [-0.15, -0.1) is 0 Å². The van der Waals surface area contributed by atoms with E-state index in [4.69, 9.17) is 11.5 Å². The first-order valence-corrected chi connectivity index (χ1v) is 7.33. The number of anilines is 1. The lowest BCUT2D eigenvalue weighted by Crippen LogP contribution is -2.36. The summed E-state index contributed by atoms with van der Waals surface area (Å²) in [6, 6.07) is 4.69. The summed E-state index contributed by atoms with van der Waals surface area (Å²) in [5.74, 6) is 0.522. The van der Waals surface area contributed by atoms with E-state index in [1.54, 1.807) is 12.1 Å². The fourth-order valence-electron chi connectivity index (χ4n) is 2.87. The van der Waals surface area contributed by atoms with Gasteiger partial charge in [0.15, 0.2) is 5.17 Å². The number of amidine groups is 1. The summed E-state index contributed by atoms with van der Waals surface area (Å²) in [6.07, 6.45) is 4.98. The van der Waals surface area contributed by atoms with E-state index in [0.29, 0.717) is 16.4 Å². The number of nitrogen functional groups attached to an aromatic ring is 1. The van der Waals surface area contributed by atoms with Crippen LogP contribution < -0.4 is 11.5 Å². The highest BCUT2D eigenvalue weighted by Gasteiger charge is 2.41. The van der Waals surface area contributed by atoms with Crippen molar-refractivity contribution in [1.29, 1.82) is 0 Å². The van der Waals surface area contributed by atoms with Crippen LogP contribution in [0.25, 0.3) is 0 Å². The maximum absolute atomic E-state index is 14.2. The Bertz CT molecular complexity index is 582. The molecule has 2 aliphatic rings. The number of thioether (sulfide) groups is 1. The van der Waals surface area contributed by atoms with Crippen LogP contribution in [0.1, 0.15) is 24.8 Å². The van der Waals surface area contributed by atoms with Crippen molar-refractivity contribution in [3.05, 3.63) is 41.2 Å². The topological polar surface area (TPSA) is 64.4 Å². The van der Waals surface area contributed by atoms with Gasteiger partial charge in [-0.1, -0.05) is 17.8 Å². The fraction of sp³-hybridized carbons (Fsp3) is 0.357. The molecule has 5 heteroatoms. The van der Waals surface area contributed by atoms with Crippen molar-refractivity contribution in [3.8, 4) is 0 Å². The number of rotatable bonds is 1. The third-order valence-electron chi connectivity index (χ3n) is 3.78. The normalized spacial score (nSPS) is 26.4. The molecule has 0 saturated heterocycles. The van der Waals surface area contributed by atoms with E-state index >= 15 is 0 Å². The number of fused-ring (bicyclic) bond motifs is 1. The lowest BCUT2D eigenvalue weighted by atomic mass is 9.75. The summed E-state index contributed by atoms with van der Waals surface area (Å²) in [6.45, 7) is 0. The average molecular weight is 277 g/mol. The molecule has 1 aromatic rings. The van der Waals surface area contributed by atoms with Gasteiger partial charge in [-0.2, -0.15) is 0 Å². The Morgan fingerprint density at radius 2 is 2.16 bits per heavy atom. The molecule has 0 bridgehead atoms. The van der Waals surface area contributed by atoms with Crippen LogP contribution in [0.5, 0.6) is 0 Å². The third kappa shape index (κ3) is 2.02. The maximum atomic E-state index is 14.2. The van der Waals surface area contributed by atoms with Crippen molar-refractivity contribution in [2.24, 2.45) is 10.7 Å². The van der Waals surface area contributed by atoms with Gasteiger partial charge < -0.3 is 11.5 Å². The summed E-state index contributed by atoms with van der Waals surface area (Å²) in [4.78, 5) is 4.60. The van der Waals surface area contributed by atoms with E-state index in [2.05, 4.69) is 11.1 Å². The Labute approximate surface area is 116 Å². The Morgan fingerprint density at radius 1 is 1.32 bits per heavy atom. The number of nitrogens with two attached hydrogens (primary N) is 2. The molecule has 1 aliphatic heterocycles. The second kappa shape index (κ2) is 4.56. The second-order valence-electron chi connectivity index (χ2n) is 4.96. The zero-order chi connectivity index (χ0) is 13.5. The highest BCUT2D eigenvalue weighted by Crippen LogP contribution is 2.47. The van der Waals surface area contributed by atoms with Gasteiger partial charge in [0.2, 0.25) is 0 Å². The smallest absolute Gasteiger partial charge is 0.155 e. The molecule has 1 aliphatic carbocycles. The predicted octanol–water partition coefficient (Wildman–Crippen LogP) is 2.78. The molecular weight excluding hydrogens is 261 g/mol. The average Bonchev–Trinajstić information content (AvgIpc) is 2.41. The largest absolute Gasteiger partial charge is 0.399 e. The fourth-order valence-corrected chi connectivity index (χ4v) is 3.75. The van der Waals surface area contributed by atoms with Crippen molar-refractivity contribution in [1.82, 2.24) is 0 Å². The minimum Gasteiger partial charge on any atom is -0.399 e. The SMILES string of the molecule is NC1=N[C@@]2(c3cc(N)ccc3F)CCCC=C2CS1. The molecular formula is C14H16FN3S.